The molecule has 0 aliphatic carbocycles. The van der Waals surface area contributed by atoms with Crippen LogP contribution in [-0.4, -0.2) is 22.4 Å². The van der Waals surface area contributed by atoms with Crippen LogP contribution < -0.4 is 10.2 Å². The van der Waals surface area contributed by atoms with Gasteiger partial charge >= 0.3 is 0 Å². The fourth-order valence-corrected chi connectivity index (χ4v) is 2.93. The molecule has 0 fully saturated rings. The van der Waals surface area contributed by atoms with Gasteiger partial charge in [-0.05, 0) is 44.5 Å². The Kier molecular flexibility index (Phi) is 5.81. The molecule has 5 nitrogen and oxygen atoms in total. The van der Waals surface area contributed by atoms with Gasteiger partial charge in [-0.2, -0.15) is 0 Å². The lowest BCUT2D eigenvalue weighted by atomic mass is 10.1. The maximum absolute atomic E-state index is 12.6. The monoisotopic (exact) mass is 360 g/mol. The third-order valence-corrected chi connectivity index (χ3v) is 4.24. The summed E-state index contributed by atoms with van der Waals surface area (Å²) in [7, 11) is 0. The molecule has 1 N–H and O–H groups in total. The fourth-order valence-electron chi connectivity index (χ4n) is 2.93. The Morgan fingerprint density at radius 2 is 1.78 bits per heavy atom. The predicted molar refractivity (Wildman–Crippen MR) is 108 cm³/mol. The second-order valence-electron chi connectivity index (χ2n) is 6.45. The van der Waals surface area contributed by atoms with E-state index in [-0.39, 0.29) is 5.91 Å². The molecule has 138 valence electrons. The molecule has 3 aromatic rings. The summed E-state index contributed by atoms with van der Waals surface area (Å²) >= 11 is 0. The van der Waals surface area contributed by atoms with Crippen molar-refractivity contribution in [2.75, 3.05) is 11.4 Å². The highest BCUT2D eigenvalue weighted by atomic mass is 16.1. The number of aryl methyl sites for hydroxylation is 2. The first-order valence-corrected chi connectivity index (χ1v) is 9.09. The number of aromatic nitrogens is 2. The number of para-hydroxylation sites is 1. The summed E-state index contributed by atoms with van der Waals surface area (Å²) in [6.45, 7) is 7.12. The Hall–Kier alpha value is -3.21. The minimum Gasteiger partial charge on any atom is -0.347 e. The first-order valence-electron chi connectivity index (χ1n) is 9.09. The number of rotatable bonds is 6. The molecule has 1 aromatic heterocycles. The molecular weight excluding hydrogens is 336 g/mol. The van der Waals surface area contributed by atoms with Gasteiger partial charge in [0.1, 0.15) is 5.69 Å². The van der Waals surface area contributed by atoms with Crippen molar-refractivity contribution in [1.29, 1.82) is 0 Å². The Morgan fingerprint density at radius 3 is 2.48 bits per heavy atom. The summed E-state index contributed by atoms with van der Waals surface area (Å²) in [5, 5.41) is 2.95. The largest absolute Gasteiger partial charge is 0.347 e. The van der Waals surface area contributed by atoms with E-state index in [4.69, 9.17) is 0 Å². The van der Waals surface area contributed by atoms with E-state index in [1.54, 1.807) is 6.07 Å². The predicted octanol–water partition coefficient (Wildman–Crippen LogP) is 4.18. The van der Waals surface area contributed by atoms with Crippen molar-refractivity contribution in [2.45, 2.75) is 27.3 Å². The van der Waals surface area contributed by atoms with Crippen molar-refractivity contribution >= 4 is 17.5 Å². The molecule has 0 bridgehead atoms. The van der Waals surface area contributed by atoms with Crippen LogP contribution in [0.25, 0.3) is 0 Å². The fraction of sp³-hybridized carbons (Fsp3) is 0.227. The molecule has 1 heterocycles. The maximum Gasteiger partial charge on any atom is 0.270 e. The van der Waals surface area contributed by atoms with Gasteiger partial charge < -0.3 is 10.2 Å². The normalized spacial score (nSPS) is 10.5. The van der Waals surface area contributed by atoms with E-state index in [0.29, 0.717) is 24.7 Å². The van der Waals surface area contributed by atoms with Crippen LogP contribution in [0.3, 0.4) is 0 Å². The van der Waals surface area contributed by atoms with Gasteiger partial charge in [0.2, 0.25) is 5.95 Å². The Bertz CT molecular complexity index is 925. The molecule has 5 heteroatoms. The average Bonchev–Trinajstić information content (AvgIpc) is 2.67. The van der Waals surface area contributed by atoms with Crippen LogP contribution in [0.4, 0.5) is 11.6 Å². The van der Waals surface area contributed by atoms with E-state index in [9.17, 15) is 4.79 Å². The van der Waals surface area contributed by atoms with Crippen LogP contribution in [0, 0.1) is 13.8 Å². The number of benzene rings is 2. The highest BCUT2D eigenvalue weighted by Crippen LogP contribution is 2.22. The van der Waals surface area contributed by atoms with Crippen LogP contribution in [0.2, 0.25) is 0 Å². The summed E-state index contributed by atoms with van der Waals surface area (Å²) in [5.74, 6) is 0.330. The first-order chi connectivity index (χ1) is 13.1. The van der Waals surface area contributed by atoms with Gasteiger partial charge in [0.15, 0.2) is 0 Å². The molecule has 0 aliphatic heterocycles. The minimum absolute atomic E-state index is 0.202. The number of nitrogens with one attached hydrogen (secondary N) is 1. The topological polar surface area (TPSA) is 58.1 Å². The number of carbonyl (C=O) groups excluding carboxylic acids is 1. The van der Waals surface area contributed by atoms with E-state index >= 15 is 0 Å². The maximum atomic E-state index is 12.6. The van der Waals surface area contributed by atoms with Crippen LogP contribution in [-0.2, 0) is 6.54 Å². The zero-order chi connectivity index (χ0) is 19.2. The third-order valence-electron chi connectivity index (χ3n) is 4.24. The molecule has 0 saturated heterocycles. The number of anilines is 2. The van der Waals surface area contributed by atoms with Gasteiger partial charge in [0.25, 0.3) is 5.91 Å². The summed E-state index contributed by atoms with van der Waals surface area (Å²) < 4.78 is 0. The van der Waals surface area contributed by atoms with Gasteiger partial charge in [-0.15, -0.1) is 0 Å². The van der Waals surface area contributed by atoms with Crippen molar-refractivity contribution in [3.05, 3.63) is 83.2 Å². The lowest BCUT2D eigenvalue weighted by Gasteiger charge is -2.21. The van der Waals surface area contributed by atoms with Gasteiger partial charge in [0, 0.05) is 24.5 Å². The molecule has 0 aliphatic rings. The van der Waals surface area contributed by atoms with Crippen molar-refractivity contribution in [3.63, 3.8) is 0 Å². The second-order valence-corrected chi connectivity index (χ2v) is 6.45. The first kappa shape index (κ1) is 18.6. The van der Waals surface area contributed by atoms with E-state index in [0.717, 1.165) is 16.9 Å². The molecule has 2 aromatic carbocycles. The van der Waals surface area contributed by atoms with Crippen LogP contribution >= 0.6 is 0 Å². The number of hydrogen-bond acceptors (Lipinski definition) is 4. The zero-order valence-electron chi connectivity index (χ0n) is 15.9. The van der Waals surface area contributed by atoms with Crippen LogP contribution in [0.1, 0.15) is 34.2 Å². The average molecular weight is 360 g/mol. The van der Waals surface area contributed by atoms with Crippen molar-refractivity contribution in [2.24, 2.45) is 0 Å². The standard InChI is InChI=1S/C22H24N4O/c1-4-26(19-11-6-5-7-12-19)22-24-17(3)14-20(25-22)21(27)23-15-18-10-8-9-16(2)13-18/h5-14H,4,15H2,1-3H3,(H,23,27). The molecule has 0 saturated carbocycles. The zero-order valence-corrected chi connectivity index (χ0v) is 15.9. The van der Waals surface area contributed by atoms with Crippen LogP contribution in [0.5, 0.6) is 0 Å². The third kappa shape index (κ3) is 4.70. The molecule has 0 radical (unpaired) electrons. The molecule has 0 spiro atoms. The summed E-state index contributed by atoms with van der Waals surface area (Å²) in [6.07, 6.45) is 0. The molecule has 3 rings (SSSR count). The summed E-state index contributed by atoms with van der Waals surface area (Å²) in [4.78, 5) is 23.7. The Balaban J connectivity index is 1.81. The lowest BCUT2D eigenvalue weighted by Crippen LogP contribution is -2.26. The lowest BCUT2D eigenvalue weighted by molar-refractivity contribution is 0.0945. The van der Waals surface area contributed by atoms with Gasteiger partial charge in [-0.1, -0.05) is 48.0 Å². The van der Waals surface area contributed by atoms with Gasteiger partial charge in [-0.3, -0.25) is 4.79 Å². The van der Waals surface area contributed by atoms with E-state index in [1.165, 1.54) is 5.56 Å². The van der Waals surface area contributed by atoms with Crippen molar-refractivity contribution in [1.82, 2.24) is 15.3 Å². The van der Waals surface area contributed by atoms with E-state index < -0.39 is 0 Å². The molecule has 27 heavy (non-hydrogen) atoms. The van der Waals surface area contributed by atoms with E-state index in [1.807, 2.05) is 74.2 Å². The SMILES string of the molecule is CCN(c1ccccc1)c1nc(C)cc(C(=O)NCc2cccc(C)c2)n1. The quantitative estimate of drug-likeness (QED) is 0.716. The molecule has 0 atom stereocenters. The van der Waals surface area contributed by atoms with Crippen molar-refractivity contribution < 1.29 is 4.79 Å². The molecular formula is C22H24N4O. The number of amides is 1. The van der Waals surface area contributed by atoms with Gasteiger partial charge in [0.05, 0.1) is 0 Å². The van der Waals surface area contributed by atoms with Crippen molar-refractivity contribution in [3.8, 4) is 0 Å². The minimum atomic E-state index is -0.202. The summed E-state index contributed by atoms with van der Waals surface area (Å²) in [5.41, 5.74) is 4.36. The Morgan fingerprint density at radius 1 is 1.00 bits per heavy atom. The second kappa shape index (κ2) is 8.45. The number of carbonyl (C=O) groups is 1. The highest BCUT2D eigenvalue weighted by Gasteiger charge is 2.15. The molecule has 0 unspecified atom stereocenters. The highest BCUT2D eigenvalue weighted by molar-refractivity contribution is 5.92. The van der Waals surface area contributed by atoms with Crippen LogP contribution in [0.15, 0.2) is 60.7 Å². The Labute approximate surface area is 160 Å². The number of nitrogens with zero attached hydrogens (tertiary/aromatic N) is 3. The van der Waals surface area contributed by atoms with E-state index in [2.05, 4.69) is 21.4 Å². The van der Waals surface area contributed by atoms with Gasteiger partial charge in [-0.25, -0.2) is 9.97 Å². The summed E-state index contributed by atoms with van der Waals surface area (Å²) in [6, 6.07) is 19.7. The molecule has 1 amide bonds. The smallest absolute Gasteiger partial charge is 0.270 e. The number of hydrogen-bond donors (Lipinski definition) is 1.